The van der Waals surface area contributed by atoms with Crippen LogP contribution >= 0.6 is 0 Å². The molecule has 0 atom stereocenters. The molecule has 1 amide bonds. The zero-order chi connectivity index (χ0) is 16.3. The second kappa shape index (κ2) is 6.17. The summed E-state index contributed by atoms with van der Waals surface area (Å²) in [5, 5.41) is 6.95. The summed E-state index contributed by atoms with van der Waals surface area (Å²) in [6, 6.07) is 3.47. The third kappa shape index (κ3) is 3.84. The SMILES string of the molecule is CCOC(=O)c1cnn2ccc(NC(=O)CC(C)(C)C)cc12. The van der Waals surface area contributed by atoms with Crippen LogP contribution in [0.1, 0.15) is 44.5 Å². The van der Waals surface area contributed by atoms with Gasteiger partial charge in [-0.1, -0.05) is 20.8 Å². The van der Waals surface area contributed by atoms with Gasteiger partial charge >= 0.3 is 5.97 Å². The van der Waals surface area contributed by atoms with Crippen molar-refractivity contribution in [3.05, 3.63) is 30.1 Å². The van der Waals surface area contributed by atoms with Crippen molar-refractivity contribution in [3.8, 4) is 0 Å². The van der Waals surface area contributed by atoms with E-state index in [0.717, 1.165) is 0 Å². The highest BCUT2D eigenvalue weighted by atomic mass is 16.5. The number of ether oxygens (including phenoxy) is 1. The van der Waals surface area contributed by atoms with Crippen molar-refractivity contribution < 1.29 is 14.3 Å². The van der Waals surface area contributed by atoms with Gasteiger partial charge in [-0.2, -0.15) is 5.10 Å². The van der Waals surface area contributed by atoms with Crippen LogP contribution in [0.2, 0.25) is 0 Å². The van der Waals surface area contributed by atoms with Crippen molar-refractivity contribution in [1.82, 2.24) is 9.61 Å². The average molecular weight is 303 g/mol. The van der Waals surface area contributed by atoms with Gasteiger partial charge in [0.2, 0.25) is 5.91 Å². The highest BCUT2D eigenvalue weighted by Gasteiger charge is 2.17. The van der Waals surface area contributed by atoms with E-state index in [-0.39, 0.29) is 11.3 Å². The van der Waals surface area contributed by atoms with E-state index >= 15 is 0 Å². The first-order valence-corrected chi connectivity index (χ1v) is 7.24. The topological polar surface area (TPSA) is 72.7 Å². The second-order valence-electron chi connectivity index (χ2n) is 6.31. The summed E-state index contributed by atoms with van der Waals surface area (Å²) in [7, 11) is 0. The third-order valence-corrected chi connectivity index (χ3v) is 2.99. The number of amides is 1. The summed E-state index contributed by atoms with van der Waals surface area (Å²) in [5.74, 6) is -0.482. The van der Waals surface area contributed by atoms with Crippen LogP contribution in [-0.2, 0) is 9.53 Å². The molecule has 0 saturated heterocycles. The van der Waals surface area contributed by atoms with Crippen molar-refractivity contribution >= 4 is 23.1 Å². The maximum absolute atomic E-state index is 12.0. The molecule has 2 rings (SSSR count). The molecule has 0 fully saturated rings. The fourth-order valence-corrected chi connectivity index (χ4v) is 2.11. The molecule has 2 heterocycles. The number of carbonyl (C=O) groups is 2. The largest absolute Gasteiger partial charge is 0.462 e. The lowest BCUT2D eigenvalue weighted by molar-refractivity contribution is -0.117. The first-order valence-electron chi connectivity index (χ1n) is 7.24. The van der Waals surface area contributed by atoms with Crippen LogP contribution in [0.4, 0.5) is 5.69 Å². The molecule has 0 spiro atoms. The van der Waals surface area contributed by atoms with Crippen LogP contribution in [-0.4, -0.2) is 28.1 Å². The van der Waals surface area contributed by atoms with Gasteiger partial charge in [-0.05, 0) is 24.5 Å². The molecular formula is C16H21N3O3. The Labute approximate surface area is 129 Å². The fraction of sp³-hybridized carbons (Fsp3) is 0.438. The van der Waals surface area contributed by atoms with E-state index in [1.54, 1.807) is 29.8 Å². The molecule has 2 aromatic heterocycles. The molecule has 0 aliphatic heterocycles. The minimum absolute atomic E-state index is 0.0611. The molecule has 0 aliphatic rings. The lowest BCUT2D eigenvalue weighted by Gasteiger charge is -2.17. The molecule has 0 aromatic carbocycles. The Hall–Kier alpha value is -2.37. The van der Waals surface area contributed by atoms with Crippen molar-refractivity contribution in [2.45, 2.75) is 34.1 Å². The smallest absolute Gasteiger partial charge is 0.341 e. The molecule has 6 heteroatoms. The molecular weight excluding hydrogens is 282 g/mol. The highest BCUT2D eigenvalue weighted by molar-refractivity contribution is 5.98. The van der Waals surface area contributed by atoms with Crippen molar-refractivity contribution in [2.24, 2.45) is 5.41 Å². The number of carbonyl (C=O) groups excluding carboxylic acids is 2. The quantitative estimate of drug-likeness (QED) is 0.881. The first kappa shape index (κ1) is 16.0. The number of nitrogens with zero attached hydrogens (tertiary/aromatic N) is 2. The summed E-state index contributed by atoms with van der Waals surface area (Å²) >= 11 is 0. The number of aromatic nitrogens is 2. The molecule has 0 radical (unpaired) electrons. The average Bonchev–Trinajstić information content (AvgIpc) is 2.79. The van der Waals surface area contributed by atoms with Gasteiger partial charge in [-0.15, -0.1) is 0 Å². The molecule has 2 aromatic rings. The summed E-state index contributed by atoms with van der Waals surface area (Å²) in [6.45, 7) is 8.07. The van der Waals surface area contributed by atoms with Gasteiger partial charge < -0.3 is 10.1 Å². The third-order valence-electron chi connectivity index (χ3n) is 2.99. The Bertz CT molecular complexity index is 698. The number of anilines is 1. The predicted octanol–water partition coefficient (Wildman–Crippen LogP) is 2.89. The first-order chi connectivity index (χ1) is 10.3. The molecule has 22 heavy (non-hydrogen) atoms. The summed E-state index contributed by atoms with van der Waals surface area (Å²) < 4.78 is 6.58. The Morgan fingerprint density at radius 1 is 1.36 bits per heavy atom. The molecule has 0 bridgehead atoms. The van der Waals surface area contributed by atoms with Crippen molar-refractivity contribution in [2.75, 3.05) is 11.9 Å². The zero-order valence-electron chi connectivity index (χ0n) is 13.3. The van der Waals surface area contributed by atoms with Crippen LogP contribution in [0.25, 0.3) is 5.52 Å². The van der Waals surface area contributed by atoms with E-state index in [1.165, 1.54) is 6.20 Å². The Balaban J connectivity index is 2.24. The van der Waals surface area contributed by atoms with Gasteiger partial charge in [0.25, 0.3) is 0 Å². The normalized spacial score (nSPS) is 11.5. The number of nitrogens with one attached hydrogen (secondary N) is 1. The Kier molecular flexibility index (Phi) is 4.49. The Morgan fingerprint density at radius 2 is 2.09 bits per heavy atom. The van der Waals surface area contributed by atoms with E-state index in [0.29, 0.717) is 29.8 Å². The van der Waals surface area contributed by atoms with E-state index in [9.17, 15) is 9.59 Å². The molecule has 0 unspecified atom stereocenters. The van der Waals surface area contributed by atoms with Crippen LogP contribution in [0.5, 0.6) is 0 Å². The summed E-state index contributed by atoms with van der Waals surface area (Å²) in [6.07, 6.45) is 3.58. The molecule has 6 nitrogen and oxygen atoms in total. The van der Waals surface area contributed by atoms with E-state index in [2.05, 4.69) is 10.4 Å². The molecule has 1 N–H and O–H groups in total. The monoisotopic (exact) mass is 303 g/mol. The second-order valence-corrected chi connectivity index (χ2v) is 6.31. The van der Waals surface area contributed by atoms with Crippen molar-refractivity contribution in [3.63, 3.8) is 0 Å². The summed E-state index contributed by atoms with van der Waals surface area (Å²) in [4.78, 5) is 23.9. The lowest BCUT2D eigenvalue weighted by atomic mass is 9.92. The Morgan fingerprint density at radius 3 is 2.73 bits per heavy atom. The van der Waals surface area contributed by atoms with Gasteiger partial charge in [-0.3, -0.25) is 4.79 Å². The van der Waals surface area contributed by atoms with E-state index in [4.69, 9.17) is 4.74 Å². The minimum Gasteiger partial charge on any atom is -0.462 e. The molecule has 0 aliphatic carbocycles. The van der Waals surface area contributed by atoms with Gasteiger partial charge in [0.05, 0.1) is 18.3 Å². The van der Waals surface area contributed by atoms with Crippen LogP contribution in [0.3, 0.4) is 0 Å². The predicted molar refractivity (Wildman–Crippen MR) is 83.9 cm³/mol. The number of rotatable bonds is 4. The summed E-state index contributed by atoms with van der Waals surface area (Å²) in [5.41, 5.74) is 1.54. The van der Waals surface area contributed by atoms with Gasteiger partial charge in [0, 0.05) is 18.3 Å². The maximum atomic E-state index is 12.0. The maximum Gasteiger partial charge on any atom is 0.341 e. The number of fused-ring (bicyclic) bond motifs is 1. The number of hydrogen-bond acceptors (Lipinski definition) is 4. The number of esters is 1. The lowest BCUT2D eigenvalue weighted by Crippen LogP contribution is -2.19. The number of pyridine rings is 1. The van der Waals surface area contributed by atoms with Gasteiger partial charge in [0.1, 0.15) is 5.56 Å². The zero-order valence-corrected chi connectivity index (χ0v) is 13.3. The number of hydrogen-bond donors (Lipinski definition) is 1. The standard InChI is InChI=1S/C16H21N3O3/c1-5-22-15(21)12-10-17-19-7-6-11(8-13(12)19)18-14(20)9-16(2,3)4/h6-8,10H,5,9H2,1-4H3,(H,18,20). The minimum atomic E-state index is -0.421. The highest BCUT2D eigenvalue weighted by Crippen LogP contribution is 2.21. The fourth-order valence-electron chi connectivity index (χ4n) is 2.11. The van der Waals surface area contributed by atoms with Crippen LogP contribution < -0.4 is 5.32 Å². The van der Waals surface area contributed by atoms with Crippen LogP contribution in [0.15, 0.2) is 24.5 Å². The molecule has 118 valence electrons. The van der Waals surface area contributed by atoms with E-state index in [1.807, 2.05) is 20.8 Å². The van der Waals surface area contributed by atoms with Gasteiger partial charge in [0.15, 0.2) is 0 Å². The van der Waals surface area contributed by atoms with Gasteiger partial charge in [-0.25, -0.2) is 9.31 Å². The molecule has 0 saturated carbocycles. The van der Waals surface area contributed by atoms with E-state index < -0.39 is 5.97 Å². The van der Waals surface area contributed by atoms with Crippen LogP contribution in [0, 0.1) is 5.41 Å². The van der Waals surface area contributed by atoms with Crippen molar-refractivity contribution in [1.29, 1.82) is 0 Å².